The summed E-state index contributed by atoms with van der Waals surface area (Å²) >= 11 is 6.06. The van der Waals surface area contributed by atoms with Crippen LogP contribution in [0.3, 0.4) is 0 Å². The summed E-state index contributed by atoms with van der Waals surface area (Å²) in [6.07, 6.45) is -0.0167. The molecule has 2 heterocycles. The molecule has 2 fully saturated rings. The number of nitrogens with one attached hydrogen (secondary N) is 1. The van der Waals surface area contributed by atoms with Crippen molar-refractivity contribution in [1.29, 1.82) is 0 Å². The van der Waals surface area contributed by atoms with Crippen LogP contribution in [0.25, 0.3) is 0 Å². The lowest BCUT2D eigenvalue weighted by Gasteiger charge is -2.42. The van der Waals surface area contributed by atoms with Crippen LogP contribution < -0.4 is 15.1 Å². The maximum atomic E-state index is 12.8. The predicted molar refractivity (Wildman–Crippen MR) is 111 cm³/mol. The Labute approximate surface area is 169 Å². The topological polar surface area (TPSA) is 55.9 Å². The standard InChI is InChI=1S/C21H23ClN4O2/c1-15-7-8-16(22)13-18(15)26-20(27)14-19(23-21(26)28)25-11-9-24(10-12-25)17-5-3-2-4-6-17/h2-8,13,19H,9-12,14H2,1H3,(H,23,28). The minimum Gasteiger partial charge on any atom is -0.369 e. The molecule has 0 aromatic heterocycles. The van der Waals surface area contributed by atoms with E-state index in [0.29, 0.717) is 10.7 Å². The summed E-state index contributed by atoms with van der Waals surface area (Å²) in [7, 11) is 0. The van der Waals surface area contributed by atoms with Crippen molar-refractivity contribution in [1.82, 2.24) is 10.2 Å². The second kappa shape index (κ2) is 7.81. The molecule has 1 atom stereocenters. The molecular formula is C21H23ClN4O2. The predicted octanol–water partition coefficient (Wildman–Crippen LogP) is 3.24. The fraction of sp³-hybridized carbons (Fsp3) is 0.333. The number of hydrogen-bond acceptors (Lipinski definition) is 4. The van der Waals surface area contributed by atoms with E-state index in [1.165, 1.54) is 10.6 Å². The molecular weight excluding hydrogens is 376 g/mol. The van der Waals surface area contributed by atoms with E-state index in [4.69, 9.17) is 11.6 Å². The molecule has 2 aromatic carbocycles. The Bertz CT molecular complexity index is 863. The Hall–Kier alpha value is -2.57. The van der Waals surface area contributed by atoms with E-state index in [9.17, 15) is 9.59 Å². The van der Waals surface area contributed by atoms with Crippen molar-refractivity contribution < 1.29 is 9.59 Å². The number of carbonyl (C=O) groups is 2. The van der Waals surface area contributed by atoms with Gasteiger partial charge in [-0.3, -0.25) is 9.69 Å². The normalized spacial score (nSPS) is 21.0. The van der Waals surface area contributed by atoms with Gasteiger partial charge in [0.05, 0.1) is 18.3 Å². The van der Waals surface area contributed by atoms with Gasteiger partial charge in [0.15, 0.2) is 0 Å². The smallest absolute Gasteiger partial charge is 0.330 e. The van der Waals surface area contributed by atoms with Crippen LogP contribution in [-0.4, -0.2) is 49.2 Å². The van der Waals surface area contributed by atoms with E-state index < -0.39 is 6.03 Å². The van der Waals surface area contributed by atoms with Crippen molar-refractivity contribution in [2.45, 2.75) is 19.5 Å². The van der Waals surface area contributed by atoms with Crippen LogP contribution in [0.1, 0.15) is 12.0 Å². The third-order valence-electron chi connectivity index (χ3n) is 5.40. The minimum absolute atomic E-state index is 0.204. The fourth-order valence-electron chi connectivity index (χ4n) is 3.85. The highest BCUT2D eigenvalue weighted by molar-refractivity contribution is 6.31. The number of imide groups is 1. The summed E-state index contributed by atoms with van der Waals surface area (Å²) < 4.78 is 0. The number of aryl methyl sites for hydroxylation is 1. The number of urea groups is 1. The average Bonchev–Trinajstić information content (AvgIpc) is 2.71. The number of nitrogens with zero attached hydrogens (tertiary/aromatic N) is 3. The van der Waals surface area contributed by atoms with E-state index in [2.05, 4.69) is 27.2 Å². The van der Waals surface area contributed by atoms with Crippen LogP contribution >= 0.6 is 11.6 Å². The number of para-hydroxylation sites is 1. The van der Waals surface area contributed by atoms with E-state index in [0.717, 1.165) is 31.7 Å². The molecule has 2 aliphatic rings. The molecule has 0 saturated carbocycles. The Morgan fingerprint density at radius 1 is 1.00 bits per heavy atom. The summed E-state index contributed by atoms with van der Waals surface area (Å²) in [5, 5.41) is 3.50. The van der Waals surface area contributed by atoms with Gasteiger partial charge in [-0.15, -0.1) is 0 Å². The number of rotatable bonds is 3. The van der Waals surface area contributed by atoms with Gasteiger partial charge in [-0.1, -0.05) is 35.9 Å². The van der Waals surface area contributed by atoms with E-state index in [-0.39, 0.29) is 18.5 Å². The van der Waals surface area contributed by atoms with Gasteiger partial charge in [-0.25, -0.2) is 9.69 Å². The van der Waals surface area contributed by atoms with Gasteiger partial charge < -0.3 is 10.2 Å². The first-order valence-electron chi connectivity index (χ1n) is 9.46. The zero-order chi connectivity index (χ0) is 19.7. The molecule has 2 aliphatic heterocycles. The number of amides is 3. The van der Waals surface area contributed by atoms with Crippen molar-refractivity contribution in [2.75, 3.05) is 36.0 Å². The third-order valence-corrected chi connectivity index (χ3v) is 5.63. The molecule has 2 saturated heterocycles. The lowest BCUT2D eigenvalue weighted by Crippen LogP contribution is -2.63. The second-order valence-corrected chi connectivity index (χ2v) is 7.62. The first kappa shape index (κ1) is 18.8. The molecule has 0 aliphatic carbocycles. The number of carbonyl (C=O) groups excluding carboxylic acids is 2. The second-order valence-electron chi connectivity index (χ2n) is 7.19. The summed E-state index contributed by atoms with van der Waals surface area (Å²) in [6.45, 7) is 5.18. The van der Waals surface area contributed by atoms with Gasteiger partial charge >= 0.3 is 6.03 Å². The van der Waals surface area contributed by atoms with Gasteiger partial charge in [0.2, 0.25) is 5.91 Å². The summed E-state index contributed by atoms with van der Waals surface area (Å²) in [5.41, 5.74) is 2.58. The Morgan fingerprint density at radius 2 is 1.71 bits per heavy atom. The number of hydrogen-bond donors (Lipinski definition) is 1. The molecule has 0 radical (unpaired) electrons. The molecule has 2 aromatic rings. The van der Waals surface area contributed by atoms with Gasteiger partial charge in [-0.05, 0) is 36.8 Å². The molecule has 6 nitrogen and oxygen atoms in total. The quantitative estimate of drug-likeness (QED) is 0.862. The molecule has 3 amide bonds. The average molecular weight is 399 g/mol. The summed E-state index contributed by atoms with van der Waals surface area (Å²) in [6, 6.07) is 15.1. The molecule has 28 heavy (non-hydrogen) atoms. The maximum Gasteiger partial charge on any atom is 0.330 e. The Morgan fingerprint density at radius 3 is 2.39 bits per heavy atom. The van der Waals surface area contributed by atoms with Crippen LogP contribution in [0.5, 0.6) is 0 Å². The van der Waals surface area contributed by atoms with E-state index in [1.54, 1.807) is 12.1 Å². The summed E-state index contributed by atoms with van der Waals surface area (Å²) in [4.78, 5) is 31.2. The molecule has 146 valence electrons. The van der Waals surface area contributed by atoms with Crippen molar-refractivity contribution in [3.63, 3.8) is 0 Å². The number of piperazine rings is 1. The van der Waals surface area contributed by atoms with Crippen LogP contribution in [-0.2, 0) is 4.79 Å². The third kappa shape index (κ3) is 3.70. The Kier molecular flexibility index (Phi) is 5.24. The highest BCUT2D eigenvalue weighted by Gasteiger charge is 2.37. The van der Waals surface area contributed by atoms with Crippen molar-refractivity contribution >= 4 is 34.9 Å². The number of benzene rings is 2. The first-order chi connectivity index (χ1) is 13.5. The number of anilines is 2. The van der Waals surface area contributed by atoms with Gasteiger partial charge in [0, 0.05) is 36.9 Å². The van der Waals surface area contributed by atoms with Gasteiger partial charge in [-0.2, -0.15) is 0 Å². The molecule has 7 heteroatoms. The fourth-order valence-corrected chi connectivity index (χ4v) is 4.01. The van der Waals surface area contributed by atoms with Gasteiger partial charge in [0.25, 0.3) is 0 Å². The Balaban J connectivity index is 1.42. The first-order valence-corrected chi connectivity index (χ1v) is 9.84. The van der Waals surface area contributed by atoms with Crippen molar-refractivity contribution in [2.24, 2.45) is 0 Å². The molecule has 1 unspecified atom stereocenters. The zero-order valence-corrected chi connectivity index (χ0v) is 16.5. The van der Waals surface area contributed by atoms with Crippen molar-refractivity contribution in [3.05, 3.63) is 59.1 Å². The molecule has 0 spiro atoms. The lowest BCUT2D eigenvalue weighted by molar-refractivity contribution is -0.120. The molecule has 0 bridgehead atoms. The van der Waals surface area contributed by atoms with Crippen LogP contribution in [0.15, 0.2) is 48.5 Å². The maximum absolute atomic E-state index is 12.8. The minimum atomic E-state index is -0.392. The largest absolute Gasteiger partial charge is 0.369 e. The lowest BCUT2D eigenvalue weighted by atomic mass is 10.1. The SMILES string of the molecule is Cc1ccc(Cl)cc1N1C(=O)CC(N2CCN(c3ccccc3)CC2)NC1=O. The van der Waals surface area contributed by atoms with Gasteiger partial charge in [0.1, 0.15) is 0 Å². The van der Waals surface area contributed by atoms with Crippen LogP contribution in [0.4, 0.5) is 16.2 Å². The van der Waals surface area contributed by atoms with E-state index in [1.807, 2.05) is 31.2 Å². The van der Waals surface area contributed by atoms with E-state index >= 15 is 0 Å². The monoisotopic (exact) mass is 398 g/mol. The highest BCUT2D eigenvalue weighted by Crippen LogP contribution is 2.28. The van der Waals surface area contributed by atoms with Crippen LogP contribution in [0.2, 0.25) is 5.02 Å². The number of halogens is 1. The molecule has 1 N–H and O–H groups in total. The summed E-state index contributed by atoms with van der Waals surface area (Å²) in [5.74, 6) is -0.204. The zero-order valence-electron chi connectivity index (χ0n) is 15.8. The highest BCUT2D eigenvalue weighted by atomic mass is 35.5. The van der Waals surface area contributed by atoms with Crippen molar-refractivity contribution in [3.8, 4) is 0 Å². The van der Waals surface area contributed by atoms with Crippen LogP contribution in [0, 0.1) is 6.92 Å². The molecule has 4 rings (SSSR count).